The molecule has 0 unspecified atom stereocenters. The highest BCUT2D eigenvalue weighted by Gasteiger charge is 2.08. The van der Waals surface area contributed by atoms with E-state index in [2.05, 4.69) is 30.4 Å². The minimum absolute atomic E-state index is 1.06. The van der Waals surface area contributed by atoms with Gasteiger partial charge in [0.05, 0.1) is 0 Å². The maximum absolute atomic E-state index is 3.40. The SMILES string of the molecule is CCCCc1ccc2c(c1)CCNC2. The lowest BCUT2D eigenvalue weighted by Gasteiger charge is -2.17. The molecule has 0 amide bonds. The van der Waals surface area contributed by atoms with Crippen LogP contribution in [0.4, 0.5) is 0 Å². The third-order valence-corrected chi connectivity index (χ3v) is 2.98. The second-order valence-corrected chi connectivity index (χ2v) is 4.13. The molecule has 76 valence electrons. The maximum atomic E-state index is 3.40. The topological polar surface area (TPSA) is 12.0 Å². The Labute approximate surface area is 86.5 Å². The summed E-state index contributed by atoms with van der Waals surface area (Å²) in [6.45, 7) is 4.45. The van der Waals surface area contributed by atoms with E-state index in [1.54, 1.807) is 5.56 Å². The molecule has 0 saturated heterocycles. The van der Waals surface area contributed by atoms with Crippen LogP contribution in [0, 0.1) is 0 Å². The molecule has 1 heteroatoms. The van der Waals surface area contributed by atoms with Crippen molar-refractivity contribution in [2.45, 2.75) is 39.2 Å². The maximum Gasteiger partial charge on any atom is 0.0208 e. The Morgan fingerprint density at radius 3 is 3.07 bits per heavy atom. The van der Waals surface area contributed by atoms with Crippen LogP contribution in [0.25, 0.3) is 0 Å². The summed E-state index contributed by atoms with van der Waals surface area (Å²) in [5.41, 5.74) is 4.58. The number of hydrogen-bond acceptors (Lipinski definition) is 1. The summed E-state index contributed by atoms with van der Waals surface area (Å²) in [6, 6.07) is 7.00. The van der Waals surface area contributed by atoms with Gasteiger partial charge in [-0.25, -0.2) is 0 Å². The lowest BCUT2D eigenvalue weighted by atomic mass is 9.96. The Bertz CT molecular complexity index is 304. The molecule has 0 atom stereocenters. The molecular formula is C13H19N. The van der Waals surface area contributed by atoms with Gasteiger partial charge in [0.15, 0.2) is 0 Å². The fourth-order valence-corrected chi connectivity index (χ4v) is 2.07. The minimum atomic E-state index is 1.06. The van der Waals surface area contributed by atoms with Gasteiger partial charge in [0.1, 0.15) is 0 Å². The third-order valence-electron chi connectivity index (χ3n) is 2.98. The molecule has 0 aliphatic carbocycles. The summed E-state index contributed by atoms with van der Waals surface area (Å²) in [6.07, 6.45) is 5.06. The van der Waals surface area contributed by atoms with Gasteiger partial charge in [-0.3, -0.25) is 0 Å². The molecule has 0 saturated carbocycles. The molecule has 14 heavy (non-hydrogen) atoms. The van der Waals surface area contributed by atoms with Crippen LogP contribution >= 0.6 is 0 Å². The highest BCUT2D eigenvalue weighted by atomic mass is 14.9. The Balaban J connectivity index is 2.12. The van der Waals surface area contributed by atoms with Crippen LogP contribution in [0.3, 0.4) is 0 Å². The second kappa shape index (κ2) is 4.61. The predicted octanol–water partition coefficient (Wildman–Crippen LogP) is 2.67. The van der Waals surface area contributed by atoms with Crippen LogP contribution in [0.15, 0.2) is 18.2 Å². The predicted molar refractivity (Wildman–Crippen MR) is 60.5 cm³/mol. The van der Waals surface area contributed by atoms with E-state index < -0.39 is 0 Å². The van der Waals surface area contributed by atoms with E-state index in [0.29, 0.717) is 0 Å². The second-order valence-electron chi connectivity index (χ2n) is 4.13. The molecule has 1 heterocycles. The fraction of sp³-hybridized carbons (Fsp3) is 0.538. The molecule has 0 aromatic heterocycles. The smallest absolute Gasteiger partial charge is 0.0208 e. The Hall–Kier alpha value is -0.820. The van der Waals surface area contributed by atoms with E-state index in [4.69, 9.17) is 0 Å². The van der Waals surface area contributed by atoms with Crippen LogP contribution in [0.1, 0.15) is 36.5 Å². The van der Waals surface area contributed by atoms with Gasteiger partial charge in [-0.05, 0) is 42.5 Å². The van der Waals surface area contributed by atoms with E-state index in [-0.39, 0.29) is 0 Å². The molecule has 2 rings (SSSR count). The lowest BCUT2D eigenvalue weighted by molar-refractivity contribution is 0.642. The molecule has 0 radical (unpaired) electrons. The van der Waals surface area contributed by atoms with E-state index in [1.165, 1.54) is 36.8 Å². The first-order valence-corrected chi connectivity index (χ1v) is 5.71. The van der Waals surface area contributed by atoms with Crippen molar-refractivity contribution in [1.82, 2.24) is 5.32 Å². The molecule has 1 aromatic rings. The van der Waals surface area contributed by atoms with Gasteiger partial charge in [-0.15, -0.1) is 0 Å². The van der Waals surface area contributed by atoms with Crippen molar-refractivity contribution in [1.29, 1.82) is 0 Å². The monoisotopic (exact) mass is 189 g/mol. The minimum Gasteiger partial charge on any atom is -0.312 e. The van der Waals surface area contributed by atoms with Gasteiger partial charge in [0.2, 0.25) is 0 Å². The molecule has 1 aliphatic heterocycles. The molecule has 1 nitrogen and oxygen atoms in total. The van der Waals surface area contributed by atoms with Crippen molar-refractivity contribution in [3.05, 3.63) is 34.9 Å². The number of hydrogen-bond donors (Lipinski definition) is 1. The fourth-order valence-electron chi connectivity index (χ4n) is 2.07. The quantitative estimate of drug-likeness (QED) is 0.771. The summed E-state index contributed by atoms with van der Waals surface area (Å²) in [4.78, 5) is 0. The number of aryl methyl sites for hydroxylation is 1. The van der Waals surface area contributed by atoms with Crippen LogP contribution in [-0.4, -0.2) is 6.54 Å². The Morgan fingerprint density at radius 1 is 1.29 bits per heavy atom. The van der Waals surface area contributed by atoms with Gasteiger partial charge in [-0.1, -0.05) is 31.5 Å². The normalized spacial score (nSPS) is 15.2. The number of rotatable bonds is 3. The van der Waals surface area contributed by atoms with Crippen molar-refractivity contribution in [3.8, 4) is 0 Å². The molecule has 1 aromatic carbocycles. The summed E-state index contributed by atoms with van der Waals surface area (Å²) in [5.74, 6) is 0. The van der Waals surface area contributed by atoms with E-state index in [0.717, 1.165) is 13.1 Å². The van der Waals surface area contributed by atoms with Crippen LogP contribution < -0.4 is 5.32 Å². The first kappa shape index (κ1) is 9.72. The zero-order valence-corrected chi connectivity index (χ0v) is 8.97. The van der Waals surface area contributed by atoms with E-state index in [1.807, 2.05) is 0 Å². The lowest BCUT2D eigenvalue weighted by Crippen LogP contribution is -2.23. The van der Waals surface area contributed by atoms with E-state index in [9.17, 15) is 0 Å². The van der Waals surface area contributed by atoms with Crippen molar-refractivity contribution in [2.75, 3.05) is 6.54 Å². The average molecular weight is 189 g/mol. The standard InChI is InChI=1S/C13H19N/c1-2-3-4-11-5-6-13-10-14-8-7-12(13)9-11/h5-6,9,14H,2-4,7-8,10H2,1H3. The van der Waals surface area contributed by atoms with Crippen molar-refractivity contribution >= 4 is 0 Å². The zero-order valence-electron chi connectivity index (χ0n) is 8.97. The summed E-state index contributed by atoms with van der Waals surface area (Å²) >= 11 is 0. The van der Waals surface area contributed by atoms with E-state index >= 15 is 0 Å². The summed E-state index contributed by atoms with van der Waals surface area (Å²) < 4.78 is 0. The van der Waals surface area contributed by atoms with Gasteiger partial charge < -0.3 is 5.32 Å². The Kier molecular flexibility index (Phi) is 3.20. The molecule has 0 fully saturated rings. The molecule has 0 bridgehead atoms. The Morgan fingerprint density at radius 2 is 2.21 bits per heavy atom. The van der Waals surface area contributed by atoms with Crippen molar-refractivity contribution < 1.29 is 0 Å². The van der Waals surface area contributed by atoms with Crippen molar-refractivity contribution in [2.24, 2.45) is 0 Å². The zero-order chi connectivity index (χ0) is 9.80. The third kappa shape index (κ3) is 2.16. The molecule has 0 spiro atoms. The highest BCUT2D eigenvalue weighted by Crippen LogP contribution is 2.17. The van der Waals surface area contributed by atoms with Gasteiger partial charge in [0, 0.05) is 6.54 Å². The van der Waals surface area contributed by atoms with Gasteiger partial charge in [0.25, 0.3) is 0 Å². The van der Waals surface area contributed by atoms with Crippen LogP contribution in [0.2, 0.25) is 0 Å². The number of nitrogens with one attached hydrogen (secondary N) is 1. The first-order valence-electron chi connectivity index (χ1n) is 5.71. The first-order chi connectivity index (χ1) is 6.90. The average Bonchev–Trinajstić information content (AvgIpc) is 2.26. The molecule has 1 N–H and O–H groups in total. The van der Waals surface area contributed by atoms with Crippen LogP contribution in [0.5, 0.6) is 0 Å². The number of benzene rings is 1. The van der Waals surface area contributed by atoms with Gasteiger partial charge in [-0.2, -0.15) is 0 Å². The summed E-state index contributed by atoms with van der Waals surface area (Å²) in [7, 11) is 0. The summed E-state index contributed by atoms with van der Waals surface area (Å²) in [5, 5.41) is 3.40. The number of fused-ring (bicyclic) bond motifs is 1. The van der Waals surface area contributed by atoms with Crippen molar-refractivity contribution in [3.63, 3.8) is 0 Å². The largest absolute Gasteiger partial charge is 0.312 e. The molecular weight excluding hydrogens is 170 g/mol. The van der Waals surface area contributed by atoms with Crippen LogP contribution in [-0.2, 0) is 19.4 Å². The molecule has 1 aliphatic rings. The highest BCUT2D eigenvalue weighted by molar-refractivity contribution is 5.33. The number of unbranched alkanes of at least 4 members (excludes halogenated alkanes) is 1. The van der Waals surface area contributed by atoms with Gasteiger partial charge >= 0.3 is 0 Å².